The highest BCUT2D eigenvalue weighted by Gasteiger charge is 2.29. The van der Waals surface area contributed by atoms with E-state index >= 15 is 0 Å². The Morgan fingerprint density at radius 2 is 2.10 bits per heavy atom. The number of benzene rings is 1. The molecular formula is C14H19ClN2O3S. The van der Waals surface area contributed by atoms with Crippen LogP contribution in [0, 0.1) is 12.8 Å². The van der Waals surface area contributed by atoms with Crippen LogP contribution in [-0.4, -0.2) is 33.7 Å². The third kappa shape index (κ3) is 4.35. The van der Waals surface area contributed by atoms with Crippen molar-refractivity contribution in [1.82, 2.24) is 5.32 Å². The molecule has 0 bridgehead atoms. The maximum atomic E-state index is 12.0. The molecule has 7 heteroatoms. The maximum absolute atomic E-state index is 12.0. The number of rotatable bonds is 6. The van der Waals surface area contributed by atoms with Crippen LogP contribution < -0.4 is 9.62 Å². The van der Waals surface area contributed by atoms with Crippen molar-refractivity contribution < 1.29 is 13.2 Å². The number of halogens is 1. The summed E-state index contributed by atoms with van der Waals surface area (Å²) in [5, 5.41) is 3.34. The minimum absolute atomic E-state index is 0.0104. The predicted molar refractivity (Wildman–Crippen MR) is 84.1 cm³/mol. The molecule has 5 nitrogen and oxygen atoms in total. The van der Waals surface area contributed by atoms with Gasteiger partial charge in [-0.05, 0) is 43.5 Å². The number of aryl methyl sites for hydroxylation is 1. The molecule has 0 heterocycles. The number of hydrogen-bond acceptors (Lipinski definition) is 3. The number of carbonyl (C=O) groups is 1. The van der Waals surface area contributed by atoms with Gasteiger partial charge in [0.25, 0.3) is 0 Å². The number of hydrogen-bond donors (Lipinski definition) is 1. The fraction of sp³-hybridized carbons (Fsp3) is 0.500. The molecule has 1 aliphatic carbocycles. The van der Waals surface area contributed by atoms with Crippen LogP contribution in [0.5, 0.6) is 0 Å². The summed E-state index contributed by atoms with van der Waals surface area (Å²) < 4.78 is 25.2. The van der Waals surface area contributed by atoms with Gasteiger partial charge in [-0.25, -0.2) is 8.42 Å². The lowest BCUT2D eigenvalue weighted by Gasteiger charge is -2.24. The van der Waals surface area contributed by atoms with Crippen LogP contribution in [-0.2, 0) is 14.8 Å². The highest BCUT2D eigenvalue weighted by Crippen LogP contribution is 2.29. The second kappa shape index (κ2) is 6.23. The molecule has 0 atom stereocenters. The van der Waals surface area contributed by atoms with Crippen molar-refractivity contribution in [3.8, 4) is 0 Å². The van der Waals surface area contributed by atoms with Gasteiger partial charge in [0, 0.05) is 17.5 Å². The molecule has 1 amide bonds. The van der Waals surface area contributed by atoms with Crippen molar-refractivity contribution in [2.45, 2.75) is 19.8 Å². The van der Waals surface area contributed by atoms with E-state index in [4.69, 9.17) is 11.6 Å². The fourth-order valence-electron chi connectivity index (χ4n) is 2.13. The largest absolute Gasteiger partial charge is 0.354 e. The summed E-state index contributed by atoms with van der Waals surface area (Å²) in [6, 6.07) is 5.06. The Hall–Kier alpha value is -1.27. The lowest BCUT2D eigenvalue weighted by Crippen LogP contribution is -2.38. The number of carbonyl (C=O) groups excluding carboxylic acids is 1. The van der Waals surface area contributed by atoms with Gasteiger partial charge >= 0.3 is 0 Å². The monoisotopic (exact) mass is 330 g/mol. The second-order valence-corrected chi connectivity index (χ2v) is 7.67. The summed E-state index contributed by atoms with van der Waals surface area (Å²) >= 11 is 5.90. The van der Waals surface area contributed by atoms with Crippen molar-refractivity contribution in [2.24, 2.45) is 5.92 Å². The van der Waals surface area contributed by atoms with Crippen LogP contribution in [0.4, 0.5) is 5.69 Å². The molecule has 21 heavy (non-hydrogen) atoms. The molecule has 0 spiro atoms. The molecule has 2 rings (SSSR count). The Morgan fingerprint density at radius 1 is 1.43 bits per heavy atom. The minimum Gasteiger partial charge on any atom is -0.354 e. The molecule has 1 fully saturated rings. The van der Waals surface area contributed by atoms with Crippen LogP contribution in [0.1, 0.15) is 18.4 Å². The topological polar surface area (TPSA) is 66.5 Å². The van der Waals surface area contributed by atoms with Crippen molar-refractivity contribution in [1.29, 1.82) is 0 Å². The van der Waals surface area contributed by atoms with Crippen molar-refractivity contribution in [2.75, 3.05) is 23.7 Å². The van der Waals surface area contributed by atoms with Gasteiger partial charge in [0.2, 0.25) is 15.9 Å². The zero-order valence-corrected chi connectivity index (χ0v) is 13.7. The Bertz CT molecular complexity index is 642. The standard InChI is InChI=1S/C14H19ClN2O3S/c1-10-9-12(15)5-6-13(10)17(21(2,19)20)8-7-16-14(18)11-3-4-11/h5-6,9,11H,3-4,7-8H2,1-2H3,(H,16,18). The van der Waals surface area contributed by atoms with E-state index in [1.54, 1.807) is 18.2 Å². The number of sulfonamides is 1. The average molecular weight is 331 g/mol. The van der Waals surface area contributed by atoms with E-state index < -0.39 is 10.0 Å². The molecule has 1 aliphatic rings. The van der Waals surface area contributed by atoms with Crippen molar-refractivity contribution in [3.05, 3.63) is 28.8 Å². The first-order chi connectivity index (χ1) is 9.79. The molecule has 116 valence electrons. The Labute approximate surface area is 130 Å². The summed E-state index contributed by atoms with van der Waals surface area (Å²) in [5.41, 5.74) is 1.36. The van der Waals surface area contributed by atoms with Gasteiger partial charge in [-0.1, -0.05) is 11.6 Å². The summed E-state index contributed by atoms with van der Waals surface area (Å²) in [6.07, 6.45) is 3.01. The minimum atomic E-state index is -3.42. The van der Waals surface area contributed by atoms with E-state index in [0.29, 0.717) is 17.3 Å². The predicted octanol–water partition coefficient (Wildman–Crippen LogP) is 1.94. The molecule has 0 radical (unpaired) electrons. The molecule has 1 aromatic rings. The summed E-state index contributed by atoms with van der Waals surface area (Å²) in [5.74, 6) is 0.130. The quantitative estimate of drug-likeness (QED) is 0.866. The molecule has 0 aliphatic heterocycles. The zero-order valence-electron chi connectivity index (χ0n) is 12.1. The van der Waals surface area contributed by atoms with Crippen molar-refractivity contribution >= 4 is 33.2 Å². The molecule has 1 N–H and O–H groups in total. The van der Waals surface area contributed by atoms with Gasteiger partial charge < -0.3 is 5.32 Å². The van der Waals surface area contributed by atoms with E-state index in [2.05, 4.69) is 5.32 Å². The first-order valence-electron chi connectivity index (χ1n) is 6.80. The number of anilines is 1. The first-order valence-corrected chi connectivity index (χ1v) is 9.03. The van der Waals surface area contributed by atoms with Gasteiger partial charge in [0.1, 0.15) is 0 Å². The molecule has 1 aromatic carbocycles. The van der Waals surface area contributed by atoms with Crippen LogP contribution in [0.15, 0.2) is 18.2 Å². The van der Waals surface area contributed by atoms with E-state index in [9.17, 15) is 13.2 Å². The Morgan fingerprint density at radius 3 is 2.62 bits per heavy atom. The third-order valence-corrected chi connectivity index (χ3v) is 4.81. The van der Waals surface area contributed by atoms with E-state index in [1.165, 1.54) is 4.31 Å². The highest BCUT2D eigenvalue weighted by atomic mass is 35.5. The van der Waals surface area contributed by atoms with E-state index in [-0.39, 0.29) is 18.4 Å². The van der Waals surface area contributed by atoms with Crippen molar-refractivity contribution in [3.63, 3.8) is 0 Å². The van der Waals surface area contributed by atoms with Crippen LogP contribution in [0.3, 0.4) is 0 Å². The summed E-state index contributed by atoms with van der Waals surface area (Å²) in [4.78, 5) is 11.6. The number of nitrogens with zero attached hydrogens (tertiary/aromatic N) is 1. The first kappa shape index (κ1) is 16.1. The van der Waals surface area contributed by atoms with Gasteiger partial charge in [-0.3, -0.25) is 9.10 Å². The molecule has 1 saturated carbocycles. The van der Waals surface area contributed by atoms with Crippen LogP contribution in [0.2, 0.25) is 5.02 Å². The summed E-state index contributed by atoms with van der Waals surface area (Å²) in [6.45, 7) is 2.31. The third-order valence-electron chi connectivity index (χ3n) is 3.39. The maximum Gasteiger partial charge on any atom is 0.232 e. The van der Waals surface area contributed by atoms with Gasteiger partial charge in [0.15, 0.2) is 0 Å². The van der Waals surface area contributed by atoms with Gasteiger partial charge in [0.05, 0.1) is 18.5 Å². The smallest absolute Gasteiger partial charge is 0.232 e. The zero-order chi connectivity index (χ0) is 15.6. The van der Waals surface area contributed by atoms with E-state index in [0.717, 1.165) is 24.7 Å². The fourth-order valence-corrected chi connectivity index (χ4v) is 3.35. The lowest BCUT2D eigenvalue weighted by atomic mass is 10.2. The molecular weight excluding hydrogens is 312 g/mol. The van der Waals surface area contributed by atoms with Gasteiger partial charge in [-0.15, -0.1) is 0 Å². The van der Waals surface area contributed by atoms with Gasteiger partial charge in [-0.2, -0.15) is 0 Å². The molecule has 0 saturated heterocycles. The summed E-state index contributed by atoms with van der Waals surface area (Å²) in [7, 11) is -3.42. The Balaban J connectivity index is 2.09. The van der Waals surface area contributed by atoms with E-state index in [1.807, 2.05) is 6.92 Å². The molecule has 0 aromatic heterocycles. The SMILES string of the molecule is Cc1cc(Cl)ccc1N(CCNC(=O)C1CC1)S(C)(=O)=O. The normalized spacial score (nSPS) is 14.8. The second-order valence-electron chi connectivity index (χ2n) is 5.33. The Kier molecular flexibility index (Phi) is 4.78. The average Bonchev–Trinajstić information content (AvgIpc) is 3.18. The van der Waals surface area contributed by atoms with Crippen LogP contribution >= 0.6 is 11.6 Å². The van der Waals surface area contributed by atoms with Crippen LogP contribution in [0.25, 0.3) is 0 Å². The highest BCUT2D eigenvalue weighted by molar-refractivity contribution is 7.92. The number of nitrogens with one attached hydrogen (secondary N) is 1. The number of amides is 1. The molecule has 0 unspecified atom stereocenters. The lowest BCUT2D eigenvalue weighted by molar-refractivity contribution is -0.122.